The summed E-state index contributed by atoms with van der Waals surface area (Å²) in [5, 5.41) is 13.0. The molecule has 0 aliphatic rings. The Kier molecular flexibility index (Phi) is 8.31. The first-order valence-corrected chi connectivity index (χ1v) is 10.5. The Balaban J connectivity index is 2.45. The number of anilines is 1. The van der Waals surface area contributed by atoms with Gasteiger partial charge in [-0.05, 0) is 36.8 Å². The van der Waals surface area contributed by atoms with Crippen LogP contribution in [0.1, 0.15) is 17.3 Å². The predicted octanol–water partition coefficient (Wildman–Crippen LogP) is 4.32. The summed E-state index contributed by atoms with van der Waals surface area (Å²) < 4.78 is 27.9. The third-order valence-electron chi connectivity index (χ3n) is 4.79. The van der Waals surface area contributed by atoms with Crippen LogP contribution in [0.2, 0.25) is 5.02 Å². The van der Waals surface area contributed by atoms with E-state index in [1.165, 1.54) is 17.5 Å². The predicted molar refractivity (Wildman–Crippen MR) is 124 cm³/mol. The molecule has 1 aromatic heterocycles. The molecule has 32 heavy (non-hydrogen) atoms. The molecule has 1 unspecified atom stereocenters. The van der Waals surface area contributed by atoms with Gasteiger partial charge in [0.15, 0.2) is 5.78 Å². The Morgan fingerprint density at radius 1 is 1.31 bits per heavy atom. The van der Waals surface area contributed by atoms with E-state index < -0.39 is 41.0 Å². The zero-order valence-electron chi connectivity index (χ0n) is 17.4. The second kappa shape index (κ2) is 10.5. The van der Waals surface area contributed by atoms with Crippen LogP contribution in [0.5, 0.6) is 0 Å². The van der Waals surface area contributed by atoms with E-state index in [0.29, 0.717) is 11.4 Å². The lowest BCUT2D eigenvalue weighted by Crippen LogP contribution is -2.39. The number of aliphatic hydroxyl groups is 1. The van der Waals surface area contributed by atoms with Crippen molar-refractivity contribution in [3.8, 4) is 11.1 Å². The van der Waals surface area contributed by atoms with Crippen LogP contribution in [-0.2, 0) is 4.79 Å². The van der Waals surface area contributed by atoms with Gasteiger partial charge in [0.1, 0.15) is 34.3 Å². The molecule has 1 atom stereocenters. The van der Waals surface area contributed by atoms with E-state index in [4.69, 9.17) is 17.3 Å². The lowest BCUT2D eigenvalue weighted by molar-refractivity contribution is -0.119. The number of nitrogens with zero attached hydrogens (tertiary/aromatic N) is 1. The van der Waals surface area contributed by atoms with Gasteiger partial charge in [-0.15, -0.1) is 11.3 Å². The maximum absolute atomic E-state index is 13.9. The van der Waals surface area contributed by atoms with Crippen LogP contribution in [0.4, 0.5) is 13.8 Å². The fourth-order valence-corrected chi connectivity index (χ4v) is 4.00. The molecule has 0 saturated carbocycles. The number of rotatable bonds is 9. The summed E-state index contributed by atoms with van der Waals surface area (Å²) in [6.45, 7) is 8.03. The minimum absolute atomic E-state index is 0.0405. The molecule has 0 saturated heterocycles. The molecule has 10 heteroatoms. The van der Waals surface area contributed by atoms with Crippen molar-refractivity contribution in [2.45, 2.75) is 13.0 Å². The van der Waals surface area contributed by atoms with E-state index in [0.717, 1.165) is 23.5 Å². The monoisotopic (exact) mass is 481 g/mol. The van der Waals surface area contributed by atoms with Crippen molar-refractivity contribution >= 4 is 39.6 Å². The number of hydrogen-bond acceptors (Lipinski definition) is 6. The molecule has 1 amide bonds. The van der Waals surface area contributed by atoms with Gasteiger partial charge >= 0.3 is 0 Å². The van der Waals surface area contributed by atoms with Gasteiger partial charge < -0.3 is 21.1 Å². The first-order valence-electron chi connectivity index (χ1n) is 9.26. The van der Waals surface area contributed by atoms with Crippen molar-refractivity contribution in [3.05, 3.63) is 76.4 Å². The van der Waals surface area contributed by atoms with E-state index in [2.05, 4.69) is 18.5 Å². The van der Waals surface area contributed by atoms with Crippen LogP contribution >= 0.6 is 22.9 Å². The first-order chi connectivity index (χ1) is 15.1. The molecule has 2 aromatic rings. The highest BCUT2D eigenvalue weighted by Gasteiger charge is 2.26. The van der Waals surface area contributed by atoms with Crippen LogP contribution in [-0.4, -0.2) is 41.4 Å². The number of carbonyl (C=O) groups is 2. The molecule has 1 aromatic carbocycles. The van der Waals surface area contributed by atoms with Gasteiger partial charge in [0, 0.05) is 18.0 Å². The van der Waals surface area contributed by atoms with Gasteiger partial charge in [0.25, 0.3) is 0 Å². The van der Waals surface area contributed by atoms with Crippen molar-refractivity contribution in [1.82, 2.24) is 4.90 Å². The topological polar surface area (TPSA) is 95.7 Å². The number of nitrogens with two attached hydrogens (primary N) is 1. The molecule has 0 bridgehead atoms. The number of benzene rings is 1. The quantitative estimate of drug-likeness (QED) is 0.281. The third kappa shape index (κ3) is 5.07. The molecule has 0 radical (unpaired) electrons. The fraction of sp³-hybridized carbons (Fsp3) is 0.182. The molecular formula is C22H22ClF2N3O3S. The number of carbonyl (C=O) groups excluding carboxylic acids is 2. The fourth-order valence-electron chi connectivity index (χ4n) is 2.90. The maximum Gasteiger partial charge on any atom is 0.247 e. The van der Waals surface area contributed by atoms with Crippen LogP contribution < -0.4 is 11.1 Å². The van der Waals surface area contributed by atoms with Gasteiger partial charge in [0.05, 0.1) is 17.0 Å². The van der Waals surface area contributed by atoms with Crippen LogP contribution in [0, 0.1) is 11.6 Å². The zero-order valence-corrected chi connectivity index (χ0v) is 19.0. The highest BCUT2D eigenvalue weighted by Crippen LogP contribution is 2.38. The van der Waals surface area contributed by atoms with Gasteiger partial charge in [-0.3, -0.25) is 9.59 Å². The standard InChI is InChI=1S/C22H22ClF2N3O3S/c1-5-16(26)17(6-2)28(4)11(3)21(31)27-22-19(18(30)9-29)13(10-32-22)12-7-14(24)20(23)15(25)8-12/h5-8,10-11,29H,1-2,9,26H2,3-4H3,(H,27,31)/b17-16-. The smallest absolute Gasteiger partial charge is 0.247 e. The van der Waals surface area contributed by atoms with E-state index in [-0.39, 0.29) is 21.7 Å². The molecule has 0 aliphatic heterocycles. The Morgan fingerprint density at radius 3 is 2.41 bits per heavy atom. The Hall–Kier alpha value is -3.01. The Morgan fingerprint density at radius 2 is 1.91 bits per heavy atom. The summed E-state index contributed by atoms with van der Waals surface area (Å²) in [5.74, 6) is -3.22. The van der Waals surface area contributed by atoms with Crippen LogP contribution in [0.3, 0.4) is 0 Å². The zero-order chi connectivity index (χ0) is 24.2. The van der Waals surface area contributed by atoms with Gasteiger partial charge in [-0.1, -0.05) is 24.8 Å². The van der Waals surface area contributed by atoms with Crippen molar-refractivity contribution in [3.63, 3.8) is 0 Å². The van der Waals surface area contributed by atoms with Gasteiger partial charge in [-0.25, -0.2) is 8.78 Å². The number of thiophene rings is 1. The summed E-state index contributed by atoms with van der Waals surface area (Å²) >= 11 is 6.51. The van der Waals surface area contributed by atoms with E-state index in [1.54, 1.807) is 18.9 Å². The number of ketones is 1. The Labute approximate surface area is 193 Å². The van der Waals surface area contributed by atoms with Gasteiger partial charge in [0.2, 0.25) is 5.91 Å². The van der Waals surface area contributed by atoms with Crippen molar-refractivity contribution in [1.29, 1.82) is 0 Å². The minimum atomic E-state index is -1.00. The highest BCUT2D eigenvalue weighted by molar-refractivity contribution is 7.15. The molecule has 1 heterocycles. The number of nitrogens with one attached hydrogen (secondary N) is 1. The molecule has 4 N–H and O–H groups in total. The van der Waals surface area contributed by atoms with Crippen LogP contribution in [0.25, 0.3) is 11.1 Å². The summed E-state index contributed by atoms with van der Waals surface area (Å²) in [7, 11) is 1.64. The lowest BCUT2D eigenvalue weighted by atomic mass is 10.0. The molecule has 0 spiro atoms. The van der Waals surface area contributed by atoms with E-state index in [9.17, 15) is 23.5 Å². The second-order valence-corrected chi connectivity index (χ2v) is 7.97. The molecular weight excluding hydrogens is 460 g/mol. The third-order valence-corrected chi connectivity index (χ3v) is 6.05. The van der Waals surface area contributed by atoms with Crippen molar-refractivity contribution < 1.29 is 23.5 Å². The van der Waals surface area contributed by atoms with Gasteiger partial charge in [-0.2, -0.15) is 0 Å². The average Bonchev–Trinajstić information content (AvgIpc) is 3.19. The summed E-state index contributed by atoms with van der Waals surface area (Å²) in [6.07, 6.45) is 2.90. The maximum atomic E-state index is 13.9. The molecule has 170 valence electrons. The number of likely N-dealkylation sites (N-methyl/N-ethyl adjacent to an activating group) is 1. The van der Waals surface area contributed by atoms with Crippen LogP contribution in [0.15, 0.2) is 54.2 Å². The van der Waals surface area contributed by atoms with Crippen molar-refractivity contribution in [2.24, 2.45) is 5.73 Å². The van der Waals surface area contributed by atoms with Crippen molar-refractivity contribution in [2.75, 3.05) is 19.0 Å². The highest BCUT2D eigenvalue weighted by atomic mass is 35.5. The summed E-state index contributed by atoms with van der Waals surface area (Å²) in [4.78, 5) is 26.9. The van der Waals surface area contributed by atoms with E-state index in [1.807, 2.05) is 0 Å². The number of Topliss-reactive ketones (excluding diaryl/α,β-unsaturated/α-hetero) is 1. The number of halogens is 3. The largest absolute Gasteiger partial charge is 0.397 e. The average molecular weight is 482 g/mol. The summed E-state index contributed by atoms with van der Waals surface area (Å²) in [6, 6.07) is 1.21. The minimum Gasteiger partial charge on any atom is -0.397 e. The first kappa shape index (κ1) is 25.3. The van der Waals surface area contributed by atoms with E-state index >= 15 is 0 Å². The number of hydrogen-bond donors (Lipinski definition) is 3. The number of aliphatic hydroxyl groups excluding tert-OH is 1. The molecule has 2 rings (SSSR count). The number of amides is 1. The molecule has 6 nitrogen and oxygen atoms in total. The molecule has 0 fully saturated rings. The SMILES string of the molecule is C=C/C(N)=C(\C=C)N(C)C(C)C(=O)Nc1scc(-c2cc(F)c(Cl)c(F)c2)c1C(=O)CO. The Bertz CT molecular complexity index is 1090. The summed E-state index contributed by atoms with van der Waals surface area (Å²) in [5.41, 5.74) is 6.81. The second-order valence-electron chi connectivity index (χ2n) is 6.71. The molecule has 0 aliphatic carbocycles. The normalized spacial score (nSPS) is 12.6. The lowest BCUT2D eigenvalue weighted by Gasteiger charge is -2.27. The number of allylic oxidation sites excluding steroid dienone is 2.